The summed E-state index contributed by atoms with van der Waals surface area (Å²) in [6, 6.07) is 0. The molecule has 0 aliphatic heterocycles. The number of carbonyl (C=O) groups is 1. The molecule has 0 aliphatic carbocycles. The van der Waals surface area contributed by atoms with Crippen molar-refractivity contribution in [2.75, 3.05) is 0 Å². The zero-order chi connectivity index (χ0) is 6.99. The zero-order valence-corrected chi connectivity index (χ0v) is 10.5. The van der Waals surface area contributed by atoms with Gasteiger partial charge in [-0.25, -0.2) is 0 Å². The van der Waals surface area contributed by atoms with Gasteiger partial charge in [-0.2, -0.15) is 0 Å². The second-order valence-electron chi connectivity index (χ2n) is 1.12. The summed E-state index contributed by atoms with van der Waals surface area (Å²) in [7, 11) is 0.628. The van der Waals surface area contributed by atoms with E-state index < -0.39 is 0 Å². The molecule has 49 valence electrons. The molecule has 0 fully saturated rings. The Morgan fingerprint density at radius 2 is 1.75 bits per heavy atom. The molecule has 0 spiro atoms. The van der Waals surface area contributed by atoms with Gasteiger partial charge in [-0.15, -0.1) is 0 Å². The Hall–Kier alpha value is 1.71. The molecular weight excluding hydrogens is 369 g/mol. The molecule has 0 amide bonds. The van der Waals surface area contributed by atoms with Crippen LogP contribution in [0.15, 0.2) is 0 Å². The van der Waals surface area contributed by atoms with Crippen LogP contribution >= 0.6 is 40.0 Å². The van der Waals surface area contributed by atoms with E-state index in [4.69, 9.17) is 0 Å². The Labute approximate surface area is 79.2 Å². The van der Waals surface area contributed by atoms with Crippen molar-refractivity contribution in [2.45, 2.75) is 20.3 Å². The van der Waals surface area contributed by atoms with E-state index in [1.165, 1.54) is 0 Å². The molecule has 4 heteroatoms. The van der Waals surface area contributed by atoms with Crippen LogP contribution in [0.25, 0.3) is 0 Å². The number of Topliss-reactive ketones (excluding diaryl/α,β-unsaturated/α-hetero) is 1. The summed E-state index contributed by atoms with van der Waals surface area (Å²) in [4.78, 5) is 9.81. The summed E-state index contributed by atoms with van der Waals surface area (Å²) in [5, 5.41) is 0. The third kappa shape index (κ3) is 25.2. The Morgan fingerprint density at radius 3 is 1.75 bits per heavy atom. The van der Waals surface area contributed by atoms with Crippen LogP contribution < -0.4 is 0 Å². The third-order valence-corrected chi connectivity index (χ3v) is 0.498. The topological polar surface area (TPSA) is 17.1 Å². The maximum absolute atomic E-state index is 9.81. The van der Waals surface area contributed by atoms with Gasteiger partial charge in [-0.05, 0) is 6.92 Å². The van der Waals surface area contributed by atoms with E-state index in [0.29, 0.717) is 15.9 Å². The van der Waals surface area contributed by atoms with Crippen LogP contribution in [0.2, 0.25) is 0 Å². The molecule has 0 bridgehead atoms. The third-order valence-electron chi connectivity index (χ3n) is 0.498. The summed E-state index contributed by atoms with van der Waals surface area (Å²) < 4.78 is 0. The molecule has 0 saturated carbocycles. The van der Waals surface area contributed by atoms with Gasteiger partial charge in [0.25, 0.3) is 0 Å². The number of halogens is 2. The number of hydrogen-bond donors (Lipinski definition) is 0. The van der Waals surface area contributed by atoms with Gasteiger partial charge in [0.1, 0.15) is 5.78 Å². The molecule has 0 atom stereocenters. The van der Waals surface area contributed by atoms with Crippen LogP contribution in [-0.4, -0.2) is 5.78 Å². The Bertz CT molecular complexity index is 58.0. The van der Waals surface area contributed by atoms with Crippen LogP contribution in [0.4, 0.5) is 0 Å². The molecule has 0 aromatic carbocycles. The normalized spacial score (nSPS) is 6.50. The first kappa shape index (κ1) is 12.4. The van der Waals surface area contributed by atoms with Crippen molar-refractivity contribution in [2.24, 2.45) is 0 Å². The first-order valence-electron chi connectivity index (χ1n) is 2.10. The van der Waals surface area contributed by atoms with E-state index >= 15 is 0 Å². The monoisotopic (exact) mass is 377 g/mol. The molecule has 0 heterocycles. The van der Waals surface area contributed by atoms with Gasteiger partial charge >= 0.3 is 49.4 Å². The van der Waals surface area contributed by atoms with Crippen LogP contribution in [0.1, 0.15) is 20.3 Å². The van der Waals surface area contributed by atoms with E-state index in [-0.39, 0.29) is 5.78 Å². The van der Waals surface area contributed by atoms with E-state index in [1.54, 1.807) is 6.92 Å². The molecule has 0 aromatic rings. The van der Waals surface area contributed by atoms with E-state index in [0.717, 1.165) is 0 Å². The molecule has 0 radical (unpaired) electrons. The van der Waals surface area contributed by atoms with Gasteiger partial charge < -0.3 is 4.79 Å². The summed E-state index contributed by atoms with van der Waals surface area (Å²) in [5.41, 5.74) is 0. The molecule has 1 nitrogen and oxygen atoms in total. The summed E-state index contributed by atoms with van der Waals surface area (Å²) in [5.74, 6) is 0.255. The van der Waals surface area contributed by atoms with Gasteiger partial charge in [0.05, 0.1) is 0 Å². The van der Waals surface area contributed by atoms with Crippen LogP contribution in [0, 0.1) is 0 Å². The van der Waals surface area contributed by atoms with Crippen molar-refractivity contribution >= 4 is 45.7 Å². The maximum atomic E-state index is 9.81. The number of hydrogen-bond acceptors (Lipinski definition) is 1. The Morgan fingerprint density at radius 1 is 1.62 bits per heavy atom. The van der Waals surface area contributed by atoms with Crippen molar-refractivity contribution in [3.63, 3.8) is 0 Å². The van der Waals surface area contributed by atoms with Crippen molar-refractivity contribution in [3.8, 4) is 0 Å². The Kier molecular flexibility index (Phi) is 17.8. The second kappa shape index (κ2) is 11.5. The average molecular weight is 377 g/mol. The van der Waals surface area contributed by atoms with Gasteiger partial charge in [0.15, 0.2) is 0 Å². The summed E-state index contributed by atoms with van der Waals surface area (Å²) in [6.45, 7) is 3.43. The number of rotatable bonds is 1. The van der Waals surface area contributed by atoms with Gasteiger partial charge in [-0.3, -0.25) is 0 Å². The van der Waals surface area contributed by atoms with Crippen molar-refractivity contribution in [1.29, 1.82) is 0 Å². The zero-order valence-electron chi connectivity index (χ0n) is 4.82. The number of carbonyl (C=O) groups excluding carboxylic acids is 1. The van der Waals surface area contributed by atoms with Crippen LogP contribution in [0.3, 0.4) is 0 Å². The molecule has 0 unspecified atom stereocenters. The van der Waals surface area contributed by atoms with E-state index in [1.807, 2.05) is 6.92 Å². The molecule has 0 N–H and O–H groups in total. The van der Waals surface area contributed by atoms with Crippen molar-refractivity contribution in [3.05, 3.63) is 0 Å². The van der Waals surface area contributed by atoms with Gasteiger partial charge in [-0.1, -0.05) is 6.92 Å². The van der Waals surface area contributed by atoms with Crippen LogP contribution in [0.5, 0.6) is 0 Å². The quantitative estimate of drug-likeness (QED) is 0.643. The predicted molar refractivity (Wildman–Crippen MR) is 49.0 cm³/mol. The molecular formula is C4H8I2OV. The summed E-state index contributed by atoms with van der Waals surface area (Å²) in [6.07, 6.45) is 0.667. The molecule has 0 aromatic heterocycles. The Balaban J connectivity index is 0. The molecule has 0 aliphatic rings. The van der Waals surface area contributed by atoms with Crippen LogP contribution in [-0.2, 0) is 14.3 Å². The predicted octanol–water partition coefficient (Wildman–Crippen LogP) is 2.75. The average Bonchev–Trinajstić information content (AvgIpc) is 1.69. The fourth-order valence-corrected chi connectivity index (χ4v) is 0. The van der Waals surface area contributed by atoms with E-state index in [2.05, 4.69) is 40.0 Å². The van der Waals surface area contributed by atoms with Gasteiger partial charge in [0.2, 0.25) is 0 Å². The summed E-state index contributed by atoms with van der Waals surface area (Å²) >= 11 is 4.74. The molecule has 0 rings (SSSR count). The minimum atomic E-state index is 0.255. The fourth-order valence-electron chi connectivity index (χ4n) is 0. The standard InChI is InChI=1S/C4H8O.2HI.V/c1-3-4(2)5;;;/h3H2,1-2H3;2*1H;/q;;;+2/p-2. The van der Waals surface area contributed by atoms with E-state index in [9.17, 15) is 4.79 Å². The SMILES string of the molecule is CCC(C)=O.[I][V][I]. The minimum absolute atomic E-state index is 0.255. The van der Waals surface area contributed by atoms with Crippen molar-refractivity contribution in [1.82, 2.24) is 0 Å². The first-order valence-corrected chi connectivity index (χ1v) is 11.1. The van der Waals surface area contributed by atoms with Crippen molar-refractivity contribution < 1.29 is 14.3 Å². The molecule has 8 heavy (non-hydrogen) atoms. The number of ketones is 1. The second-order valence-corrected chi connectivity index (χ2v) is 12.9. The molecule has 0 saturated heterocycles. The van der Waals surface area contributed by atoms with Gasteiger partial charge in [0, 0.05) is 6.42 Å². The fraction of sp³-hybridized carbons (Fsp3) is 0.750. The first-order chi connectivity index (χ1) is 3.68.